The molecule has 1 amide bonds. The van der Waals surface area contributed by atoms with Crippen LogP contribution in [0.15, 0.2) is 24.3 Å². The van der Waals surface area contributed by atoms with E-state index in [9.17, 15) is 4.79 Å². The van der Waals surface area contributed by atoms with Gasteiger partial charge in [-0.3, -0.25) is 4.79 Å². The summed E-state index contributed by atoms with van der Waals surface area (Å²) in [7, 11) is 1.87. The Labute approximate surface area is 83.1 Å². The number of amides is 1. The molecule has 0 bridgehead atoms. The predicted octanol–water partition coefficient (Wildman–Crippen LogP) is 0.270. The van der Waals surface area contributed by atoms with Crippen molar-refractivity contribution >= 4 is 5.91 Å². The first-order valence-electron chi connectivity index (χ1n) is 4.37. The molecular formula is C10H14N2O2. The number of benzene rings is 1. The zero-order chi connectivity index (χ0) is 10.4. The van der Waals surface area contributed by atoms with Gasteiger partial charge in [-0.15, -0.1) is 0 Å². The third-order valence-corrected chi connectivity index (χ3v) is 1.66. The van der Waals surface area contributed by atoms with Crippen LogP contribution in [0.4, 0.5) is 0 Å². The van der Waals surface area contributed by atoms with Gasteiger partial charge in [-0.2, -0.15) is 0 Å². The summed E-state index contributed by atoms with van der Waals surface area (Å²) in [6, 6.07) is 7.53. The number of rotatable bonds is 5. The molecule has 0 saturated carbocycles. The largest absolute Gasteiger partial charge is 0.484 e. The van der Waals surface area contributed by atoms with Gasteiger partial charge >= 0.3 is 0 Å². The van der Waals surface area contributed by atoms with Crippen LogP contribution in [0.1, 0.15) is 5.56 Å². The highest BCUT2D eigenvalue weighted by Crippen LogP contribution is 2.12. The van der Waals surface area contributed by atoms with Gasteiger partial charge < -0.3 is 15.8 Å². The van der Waals surface area contributed by atoms with Crippen molar-refractivity contribution in [3.63, 3.8) is 0 Å². The topological polar surface area (TPSA) is 64.3 Å². The molecule has 1 aromatic carbocycles. The van der Waals surface area contributed by atoms with Crippen molar-refractivity contribution < 1.29 is 9.53 Å². The molecule has 0 aliphatic carbocycles. The molecule has 0 radical (unpaired) electrons. The van der Waals surface area contributed by atoms with E-state index in [0.717, 1.165) is 12.1 Å². The minimum absolute atomic E-state index is 0.0804. The number of nitrogens with one attached hydrogen (secondary N) is 1. The Morgan fingerprint density at radius 2 is 2.36 bits per heavy atom. The van der Waals surface area contributed by atoms with E-state index in [-0.39, 0.29) is 6.61 Å². The minimum atomic E-state index is -0.469. The van der Waals surface area contributed by atoms with E-state index in [1.165, 1.54) is 0 Å². The Balaban J connectivity index is 2.58. The SMILES string of the molecule is CNCc1cccc(OCC(N)=O)c1. The van der Waals surface area contributed by atoms with E-state index in [1.807, 2.05) is 25.2 Å². The van der Waals surface area contributed by atoms with Crippen molar-refractivity contribution in [2.24, 2.45) is 5.73 Å². The normalized spacial score (nSPS) is 9.79. The first-order chi connectivity index (χ1) is 6.72. The van der Waals surface area contributed by atoms with Gasteiger partial charge in [0.05, 0.1) is 0 Å². The van der Waals surface area contributed by atoms with E-state index < -0.39 is 5.91 Å². The van der Waals surface area contributed by atoms with Crippen LogP contribution in [-0.2, 0) is 11.3 Å². The lowest BCUT2D eigenvalue weighted by atomic mass is 10.2. The van der Waals surface area contributed by atoms with Gasteiger partial charge in [0.25, 0.3) is 5.91 Å². The summed E-state index contributed by atoms with van der Waals surface area (Å²) in [6.45, 7) is 0.691. The zero-order valence-corrected chi connectivity index (χ0v) is 8.12. The van der Waals surface area contributed by atoms with E-state index in [1.54, 1.807) is 6.07 Å². The second-order valence-electron chi connectivity index (χ2n) is 2.93. The summed E-state index contributed by atoms with van der Waals surface area (Å²) in [5.74, 6) is 0.195. The van der Waals surface area contributed by atoms with Crippen LogP contribution >= 0.6 is 0 Å². The fourth-order valence-corrected chi connectivity index (χ4v) is 1.10. The molecule has 1 aromatic rings. The molecule has 4 heteroatoms. The molecule has 0 saturated heterocycles. The van der Waals surface area contributed by atoms with Gasteiger partial charge in [0, 0.05) is 6.54 Å². The molecule has 0 aliphatic rings. The number of nitrogens with two attached hydrogens (primary N) is 1. The summed E-state index contributed by atoms with van der Waals surface area (Å²) in [5, 5.41) is 3.03. The molecule has 4 nitrogen and oxygen atoms in total. The van der Waals surface area contributed by atoms with Crippen LogP contribution in [-0.4, -0.2) is 19.6 Å². The van der Waals surface area contributed by atoms with Crippen LogP contribution in [0.3, 0.4) is 0 Å². The lowest BCUT2D eigenvalue weighted by Gasteiger charge is -2.05. The van der Waals surface area contributed by atoms with Crippen LogP contribution in [0.5, 0.6) is 5.75 Å². The van der Waals surface area contributed by atoms with Crippen molar-refractivity contribution in [2.75, 3.05) is 13.7 Å². The molecule has 14 heavy (non-hydrogen) atoms. The standard InChI is InChI=1S/C10H14N2O2/c1-12-6-8-3-2-4-9(5-8)14-7-10(11)13/h2-5,12H,6-7H2,1H3,(H2,11,13). The molecule has 0 heterocycles. The summed E-state index contributed by atoms with van der Waals surface area (Å²) >= 11 is 0. The monoisotopic (exact) mass is 194 g/mol. The smallest absolute Gasteiger partial charge is 0.255 e. The van der Waals surface area contributed by atoms with Gasteiger partial charge in [-0.05, 0) is 24.7 Å². The highest BCUT2D eigenvalue weighted by Gasteiger charge is 1.98. The number of ether oxygens (including phenoxy) is 1. The van der Waals surface area contributed by atoms with Crippen molar-refractivity contribution in [1.82, 2.24) is 5.32 Å². The summed E-state index contributed by atoms with van der Waals surface area (Å²) < 4.78 is 5.15. The van der Waals surface area contributed by atoms with Gasteiger partial charge in [0.2, 0.25) is 0 Å². The number of carbonyl (C=O) groups excluding carboxylic acids is 1. The first-order valence-corrected chi connectivity index (χ1v) is 4.37. The van der Waals surface area contributed by atoms with Crippen molar-refractivity contribution in [2.45, 2.75) is 6.54 Å². The average molecular weight is 194 g/mol. The van der Waals surface area contributed by atoms with E-state index in [0.29, 0.717) is 5.75 Å². The Bertz CT molecular complexity index is 313. The summed E-state index contributed by atoms with van der Waals surface area (Å²) in [4.78, 5) is 10.5. The van der Waals surface area contributed by atoms with E-state index in [4.69, 9.17) is 10.5 Å². The Kier molecular flexibility index (Phi) is 3.94. The van der Waals surface area contributed by atoms with Crippen LogP contribution in [0.2, 0.25) is 0 Å². The fourth-order valence-electron chi connectivity index (χ4n) is 1.10. The maximum Gasteiger partial charge on any atom is 0.255 e. The number of hydrogen-bond acceptors (Lipinski definition) is 3. The van der Waals surface area contributed by atoms with Crippen molar-refractivity contribution in [3.8, 4) is 5.75 Å². The van der Waals surface area contributed by atoms with Gasteiger partial charge in [0.1, 0.15) is 5.75 Å². The van der Waals surface area contributed by atoms with Crippen molar-refractivity contribution in [1.29, 1.82) is 0 Å². The molecule has 0 fully saturated rings. The number of hydrogen-bond donors (Lipinski definition) is 2. The van der Waals surface area contributed by atoms with Crippen molar-refractivity contribution in [3.05, 3.63) is 29.8 Å². The van der Waals surface area contributed by atoms with Gasteiger partial charge in [0.15, 0.2) is 6.61 Å². The minimum Gasteiger partial charge on any atom is -0.484 e. The highest BCUT2D eigenvalue weighted by atomic mass is 16.5. The summed E-state index contributed by atoms with van der Waals surface area (Å²) in [6.07, 6.45) is 0. The maximum absolute atomic E-state index is 10.5. The molecule has 3 N–H and O–H groups in total. The third kappa shape index (κ3) is 3.45. The van der Waals surface area contributed by atoms with Crippen LogP contribution in [0, 0.1) is 0 Å². The first kappa shape index (κ1) is 10.5. The third-order valence-electron chi connectivity index (χ3n) is 1.66. The molecule has 0 spiro atoms. The van der Waals surface area contributed by atoms with Gasteiger partial charge in [-0.25, -0.2) is 0 Å². The van der Waals surface area contributed by atoms with E-state index in [2.05, 4.69) is 5.32 Å². The fraction of sp³-hybridized carbons (Fsp3) is 0.300. The maximum atomic E-state index is 10.5. The molecular weight excluding hydrogens is 180 g/mol. The molecule has 76 valence electrons. The lowest BCUT2D eigenvalue weighted by molar-refractivity contribution is -0.119. The second kappa shape index (κ2) is 5.24. The van der Waals surface area contributed by atoms with E-state index >= 15 is 0 Å². The lowest BCUT2D eigenvalue weighted by Crippen LogP contribution is -2.20. The highest BCUT2D eigenvalue weighted by molar-refractivity contribution is 5.75. The molecule has 0 aromatic heterocycles. The Morgan fingerprint density at radius 3 is 3.00 bits per heavy atom. The van der Waals surface area contributed by atoms with Crippen LogP contribution < -0.4 is 15.8 Å². The quantitative estimate of drug-likeness (QED) is 0.707. The summed E-state index contributed by atoms with van der Waals surface area (Å²) in [5.41, 5.74) is 6.07. The second-order valence-corrected chi connectivity index (χ2v) is 2.93. The Morgan fingerprint density at radius 1 is 1.57 bits per heavy atom. The predicted molar refractivity (Wildman–Crippen MR) is 53.9 cm³/mol. The molecule has 0 unspecified atom stereocenters. The average Bonchev–Trinajstić information content (AvgIpc) is 2.16. The zero-order valence-electron chi connectivity index (χ0n) is 8.12. The molecule has 1 rings (SSSR count). The Hall–Kier alpha value is -1.55. The van der Waals surface area contributed by atoms with Crippen LogP contribution in [0.25, 0.3) is 0 Å². The molecule has 0 atom stereocenters. The number of carbonyl (C=O) groups is 1. The number of primary amides is 1. The van der Waals surface area contributed by atoms with Gasteiger partial charge in [-0.1, -0.05) is 12.1 Å². The molecule has 0 aliphatic heterocycles.